The molecule has 3 aromatic rings. The molecule has 2 heterocycles. The van der Waals surface area contributed by atoms with Crippen LogP contribution >= 0.6 is 0 Å². The lowest BCUT2D eigenvalue weighted by molar-refractivity contribution is 0.667. The highest BCUT2D eigenvalue weighted by molar-refractivity contribution is 6.04. The van der Waals surface area contributed by atoms with Crippen molar-refractivity contribution in [2.24, 2.45) is 0 Å². The minimum Gasteiger partial charge on any atom is -0.455 e. The second-order valence-corrected chi connectivity index (χ2v) is 2.83. The van der Waals surface area contributed by atoms with Gasteiger partial charge in [0.15, 0.2) is 5.58 Å². The van der Waals surface area contributed by atoms with Gasteiger partial charge in [-0.25, -0.2) is 0 Å². The van der Waals surface area contributed by atoms with E-state index in [1.54, 1.807) is 0 Å². The second kappa shape index (κ2) is 1.91. The van der Waals surface area contributed by atoms with Crippen LogP contribution in [0.25, 0.3) is 21.9 Å². The first-order chi connectivity index (χ1) is 5.95. The molecule has 0 saturated carbocycles. The van der Waals surface area contributed by atoms with Crippen molar-refractivity contribution in [2.75, 3.05) is 0 Å². The van der Waals surface area contributed by atoms with E-state index in [2.05, 4.69) is 11.1 Å². The zero-order valence-electron chi connectivity index (χ0n) is 6.37. The Bertz CT molecular complexity index is 532. The van der Waals surface area contributed by atoms with E-state index < -0.39 is 0 Å². The van der Waals surface area contributed by atoms with Gasteiger partial charge in [0.05, 0.1) is 0 Å². The summed E-state index contributed by atoms with van der Waals surface area (Å²) in [4.78, 5) is 2.99. The first kappa shape index (κ1) is 5.89. The fourth-order valence-electron chi connectivity index (χ4n) is 1.56. The molecule has 0 aliphatic rings. The number of aromatic amines is 1. The lowest BCUT2D eigenvalue weighted by atomic mass is 10.2. The van der Waals surface area contributed by atoms with Gasteiger partial charge in [-0.1, -0.05) is 12.1 Å². The highest BCUT2D eigenvalue weighted by atomic mass is 16.3. The average Bonchev–Trinajstić information content (AvgIpc) is 2.62. The number of pyridine rings is 1. The molecule has 0 atom stereocenters. The third kappa shape index (κ3) is 0.593. The van der Waals surface area contributed by atoms with Crippen LogP contribution in [0.2, 0.25) is 0 Å². The van der Waals surface area contributed by atoms with E-state index in [1.807, 2.05) is 30.6 Å². The maximum atomic E-state index is 5.56. The molecule has 0 bridgehead atoms. The topological polar surface area (TPSA) is 28.9 Å². The lowest BCUT2D eigenvalue weighted by Gasteiger charge is -1.84. The van der Waals surface area contributed by atoms with E-state index in [-0.39, 0.29) is 0 Å². The van der Waals surface area contributed by atoms with Crippen LogP contribution in [0.1, 0.15) is 0 Å². The normalized spacial score (nSPS) is 11.3. The maximum Gasteiger partial charge on any atom is 0.151 e. The van der Waals surface area contributed by atoms with Crippen LogP contribution in [0.15, 0.2) is 41.1 Å². The van der Waals surface area contributed by atoms with Crippen LogP contribution < -0.4 is 0 Å². The molecule has 0 radical (unpaired) electrons. The molecule has 0 amide bonds. The summed E-state index contributed by atoms with van der Waals surface area (Å²) >= 11 is 0. The molecule has 1 aromatic carbocycles. The number of furan rings is 1. The molecule has 58 valence electrons. The Labute approximate surface area is 68.8 Å². The van der Waals surface area contributed by atoms with Crippen molar-refractivity contribution in [1.29, 1.82) is 0 Å². The fraction of sp³-hybridized carbons (Fsp3) is 0. The molecule has 2 aromatic heterocycles. The number of hydrogen-bond donors (Lipinski definition) is 1. The number of hydrogen-bond acceptors (Lipinski definition) is 1. The molecule has 12 heavy (non-hydrogen) atoms. The molecule has 0 saturated heterocycles. The van der Waals surface area contributed by atoms with Crippen molar-refractivity contribution in [3.05, 3.63) is 36.7 Å². The van der Waals surface area contributed by atoms with Gasteiger partial charge in [-0.15, -0.1) is 0 Å². The molecule has 0 aliphatic carbocycles. The van der Waals surface area contributed by atoms with E-state index >= 15 is 0 Å². The molecule has 1 N–H and O–H groups in total. The van der Waals surface area contributed by atoms with Crippen LogP contribution in [0.3, 0.4) is 0 Å². The molecule has 0 spiro atoms. The van der Waals surface area contributed by atoms with E-state index in [9.17, 15) is 0 Å². The van der Waals surface area contributed by atoms with Crippen LogP contribution in [0.4, 0.5) is 0 Å². The Morgan fingerprint density at radius 3 is 2.92 bits per heavy atom. The first-order valence-corrected chi connectivity index (χ1v) is 3.89. The summed E-state index contributed by atoms with van der Waals surface area (Å²) in [7, 11) is 0. The third-order valence-corrected chi connectivity index (χ3v) is 2.11. The Balaban J connectivity index is 2.68. The largest absolute Gasteiger partial charge is 0.455 e. The molecule has 2 heteroatoms. The third-order valence-electron chi connectivity index (χ3n) is 2.11. The van der Waals surface area contributed by atoms with Crippen molar-refractivity contribution < 1.29 is 4.42 Å². The van der Waals surface area contributed by atoms with E-state index in [4.69, 9.17) is 4.42 Å². The quantitative estimate of drug-likeness (QED) is 0.534. The summed E-state index contributed by atoms with van der Waals surface area (Å²) in [6.45, 7) is 0. The highest BCUT2D eigenvalue weighted by Crippen LogP contribution is 2.27. The van der Waals surface area contributed by atoms with Gasteiger partial charge >= 0.3 is 0 Å². The maximum absolute atomic E-state index is 5.56. The van der Waals surface area contributed by atoms with Crippen LogP contribution in [0.5, 0.6) is 0 Å². The average molecular weight is 157 g/mol. The van der Waals surface area contributed by atoms with Crippen molar-refractivity contribution in [1.82, 2.24) is 4.98 Å². The highest BCUT2D eigenvalue weighted by Gasteiger charge is 2.04. The summed E-state index contributed by atoms with van der Waals surface area (Å²) < 4.78 is 5.56. The van der Waals surface area contributed by atoms with Gasteiger partial charge in [-0.2, -0.15) is 0 Å². The second-order valence-electron chi connectivity index (χ2n) is 2.83. The SMILES string of the molecule is c1cc2oc3c[nH]ccc3c2c1. The minimum absolute atomic E-state index is 0.920. The summed E-state index contributed by atoms with van der Waals surface area (Å²) in [5.74, 6) is 0. The molecule has 0 fully saturated rings. The predicted octanol–water partition coefficient (Wildman–Crippen LogP) is 2.91. The number of nitrogens with one attached hydrogen (secondary N) is 1. The van der Waals surface area contributed by atoms with E-state index in [1.165, 1.54) is 10.8 Å². The monoisotopic (exact) mass is 157 g/mol. The van der Waals surface area contributed by atoms with Crippen molar-refractivity contribution in [3.63, 3.8) is 0 Å². The molecular weight excluding hydrogens is 150 g/mol. The number of H-pyrrole nitrogens is 1. The van der Waals surface area contributed by atoms with Crippen LogP contribution in [-0.4, -0.2) is 4.98 Å². The zero-order chi connectivity index (χ0) is 7.97. The molecule has 3 rings (SSSR count). The fourth-order valence-corrected chi connectivity index (χ4v) is 1.56. The van der Waals surface area contributed by atoms with E-state index in [0.717, 1.165) is 11.2 Å². The van der Waals surface area contributed by atoms with Crippen molar-refractivity contribution >= 4 is 21.9 Å². The summed E-state index contributed by atoms with van der Waals surface area (Å²) in [5, 5.41) is 2.37. The van der Waals surface area contributed by atoms with Crippen LogP contribution in [0, 0.1) is 0 Å². The summed E-state index contributed by atoms with van der Waals surface area (Å²) in [6, 6.07) is 8.09. The van der Waals surface area contributed by atoms with Gasteiger partial charge in [0.1, 0.15) is 5.58 Å². The number of fused-ring (bicyclic) bond motifs is 3. The van der Waals surface area contributed by atoms with E-state index in [0.29, 0.717) is 0 Å². The van der Waals surface area contributed by atoms with Gasteiger partial charge < -0.3 is 9.40 Å². The molecular formula is C10H7NO. The number of aromatic nitrogens is 1. The summed E-state index contributed by atoms with van der Waals surface area (Å²) in [5.41, 5.74) is 1.88. The zero-order valence-corrected chi connectivity index (χ0v) is 6.37. The Morgan fingerprint density at radius 1 is 1.00 bits per heavy atom. The van der Waals surface area contributed by atoms with Gasteiger partial charge in [0.25, 0.3) is 0 Å². The minimum atomic E-state index is 0.920. The summed E-state index contributed by atoms with van der Waals surface area (Å²) in [6.07, 6.45) is 3.78. The number of rotatable bonds is 0. The van der Waals surface area contributed by atoms with Gasteiger partial charge in [-0.3, -0.25) is 0 Å². The van der Waals surface area contributed by atoms with Crippen molar-refractivity contribution in [3.8, 4) is 0 Å². The van der Waals surface area contributed by atoms with Gasteiger partial charge in [-0.05, 0) is 12.1 Å². The molecule has 0 aliphatic heterocycles. The predicted molar refractivity (Wildman–Crippen MR) is 48.1 cm³/mol. The Kier molecular flexibility index (Phi) is 0.939. The van der Waals surface area contributed by atoms with Gasteiger partial charge in [0.2, 0.25) is 0 Å². The molecule has 2 nitrogen and oxygen atoms in total. The first-order valence-electron chi connectivity index (χ1n) is 3.89. The van der Waals surface area contributed by atoms with Crippen LogP contribution in [-0.2, 0) is 0 Å². The standard InChI is InChI=1S/C10H7NO/c1-2-7-8-4-5-11-6-10(8)12-9(7)3-1/h1-6,11H. The Hall–Kier alpha value is -1.70. The lowest BCUT2D eigenvalue weighted by Crippen LogP contribution is -1.66. The van der Waals surface area contributed by atoms with Gasteiger partial charge in [0, 0.05) is 23.2 Å². The smallest absolute Gasteiger partial charge is 0.151 e. The Morgan fingerprint density at radius 2 is 1.92 bits per heavy atom. The molecule has 0 unspecified atom stereocenters. The van der Waals surface area contributed by atoms with Crippen molar-refractivity contribution in [2.45, 2.75) is 0 Å².